The van der Waals surface area contributed by atoms with Gasteiger partial charge in [0, 0.05) is 43.1 Å². The van der Waals surface area contributed by atoms with Crippen molar-refractivity contribution in [3.8, 4) is 11.4 Å². The molecule has 1 aromatic heterocycles. The molecule has 1 N–H and O–H groups in total. The van der Waals surface area contributed by atoms with E-state index in [4.69, 9.17) is 0 Å². The molecule has 0 aliphatic carbocycles. The second kappa shape index (κ2) is 8.13. The van der Waals surface area contributed by atoms with E-state index in [0.717, 1.165) is 25.1 Å². The largest absolute Gasteiger partial charge is 0.350 e. The molecule has 1 amide bonds. The number of nitrogens with zero attached hydrogens (tertiary/aromatic N) is 3. The fourth-order valence-corrected chi connectivity index (χ4v) is 3.70. The number of benzene rings is 2. The number of fused-ring (bicyclic) bond motifs is 1. The highest BCUT2D eigenvalue weighted by Gasteiger charge is 2.30. The molecule has 1 aliphatic rings. The van der Waals surface area contributed by atoms with Crippen LogP contribution in [0.15, 0.2) is 67.0 Å². The molecule has 5 nitrogen and oxygen atoms in total. The average Bonchev–Trinajstić information content (AvgIpc) is 2.78. The Morgan fingerprint density at radius 1 is 1.00 bits per heavy atom. The van der Waals surface area contributed by atoms with Crippen molar-refractivity contribution < 1.29 is 4.79 Å². The van der Waals surface area contributed by atoms with E-state index < -0.39 is 0 Å². The number of hydrogen-bond acceptors (Lipinski definition) is 4. The molecule has 5 heteroatoms. The molecule has 4 rings (SSSR count). The first-order valence-electron chi connectivity index (χ1n) is 10.0. The zero-order valence-electron chi connectivity index (χ0n) is 16.9. The third-order valence-corrected chi connectivity index (χ3v) is 5.61. The number of nitrogens with one attached hydrogen (secondary N) is 1. The van der Waals surface area contributed by atoms with E-state index >= 15 is 0 Å². The summed E-state index contributed by atoms with van der Waals surface area (Å²) in [5, 5.41) is 3.06. The Bertz CT molecular complexity index is 983. The van der Waals surface area contributed by atoms with Gasteiger partial charge in [-0.3, -0.25) is 9.69 Å². The normalized spacial score (nSPS) is 14.3. The van der Waals surface area contributed by atoms with Crippen LogP contribution in [0.2, 0.25) is 0 Å². The molecule has 1 aliphatic heterocycles. The van der Waals surface area contributed by atoms with Gasteiger partial charge in [-0.15, -0.1) is 0 Å². The number of carbonyl (C=O) groups excluding carboxylic acids is 1. The summed E-state index contributed by atoms with van der Waals surface area (Å²) in [5.74, 6) is 0.476. The lowest BCUT2D eigenvalue weighted by Gasteiger charge is -2.41. The molecule has 0 bridgehead atoms. The minimum atomic E-state index is -0.145. The lowest BCUT2D eigenvalue weighted by Crippen LogP contribution is -2.53. The maximum absolute atomic E-state index is 12.6. The smallest absolute Gasteiger partial charge is 0.254 e. The molecule has 3 aromatic rings. The van der Waals surface area contributed by atoms with Crippen molar-refractivity contribution in [2.45, 2.75) is 32.4 Å². The lowest BCUT2D eigenvalue weighted by atomic mass is 9.94. The van der Waals surface area contributed by atoms with Crippen LogP contribution in [0.3, 0.4) is 0 Å². The van der Waals surface area contributed by atoms with Crippen LogP contribution in [0.5, 0.6) is 0 Å². The van der Waals surface area contributed by atoms with E-state index in [9.17, 15) is 4.79 Å². The van der Waals surface area contributed by atoms with Gasteiger partial charge in [-0.1, -0.05) is 54.6 Å². The molecule has 29 heavy (non-hydrogen) atoms. The monoisotopic (exact) mass is 386 g/mol. The fourth-order valence-electron chi connectivity index (χ4n) is 3.70. The van der Waals surface area contributed by atoms with E-state index in [2.05, 4.69) is 58.3 Å². The van der Waals surface area contributed by atoms with Crippen molar-refractivity contribution in [1.29, 1.82) is 0 Å². The highest BCUT2D eigenvalue weighted by molar-refractivity contribution is 5.93. The second-order valence-corrected chi connectivity index (χ2v) is 8.10. The van der Waals surface area contributed by atoms with Crippen molar-refractivity contribution in [1.82, 2.24) is 20.2 Å². The summed E-state index contributed by atoms with van der Waals surface area (Å²) in [4.78, 5) is 23.7. The van der Waals surface area contributed by atoms with Crippen LogP contribution in [0.1, 0.15) is 35.3 Å². The van der Waals surface area contributed by atoms with Gasteiger partial charge in [0.2, 0.25) is 0 Å². The molecular formula is C24H26N4O. The first-order valence-corrected chi connectivity index (χ1v) is 10.0. The third-order valence-electron chi connectivity index (χ3n) is 5.61. The van der Waals surface area contributed by atoms with Crippen molar-refractivity contribution in [3.63, 3.8) is 0 Å². The predicted molar refractivity (Wildman–Crippen MR) is 114 cm³/mol. The zero-order chi connectivity index (χ0) is 20.3. The van der Waals surface area contributed by atoms with Gasteiger partial charge in [-0.05, 0) is 31.4 Å². The molecule has 0 unspecified atom stereocenters. The van der Waals surface area contributed by atoms with Crippen LogP contribution in [-0.4, -0.2) is 39.4 Å². The van der Waals surface area contributed by atoms with Gasteiger partial charge >= 0.3 is 0 Å². The van der Waals surface area contributed by atoms with E-state index in [1.807, 2.05) is 30.3 Å². The third kappa shape index (κ3) is 4.35. The fraction of sp³-hybridized carbons (Fsp3) is 0.292. The van der Waals surface area contributed by atoms with Gasteiger partial charge in [0.25, 0.3) is 5.91 Å². The van der Waals surface area contributed by atoms with Crippen molar-refractivity contribution >= 4 is 5.91 Å². The van der Waals surface area contributed by atoms with Crippen LogP contribution in [0, 0.1) is 0 Å². The molecule has 0 radical (unpaired) electrons. The molecular weight excluding hydrogens is 360 g/mol. The van der Waals surface area contributed by atoms with Crippen LogP contribution in [0.4, 0.5) is 0 Å². The van der Waals surface area contributed by atoms with Gasteiger partial charge in [0.05, 0.1) is 5.56 Å². The standard InChI is InChI=1S/C24H26N4O/c1-24(2,28-13-12-18-8-6-7-11-20(18)16-28)17-27-23(29)21-14-25-22(26-15-21)19-9-4-3-5-10-19/h3-11,14-15H,12-13,16-17H2,1-2H3,(H,27,29). The van der Waals surface area contributed by atoms with Crippen molar-refractivity contribution in [2.75, 3.05) is 13.1 Å². The van der Waals surface area contributed by atoms with E-state index in [1.165, 1.54) is 11.1 Å². The van der Waals surface area contributed by atoms with E-state index in [1.54, 1.807) is 12.4 Å². The van der Waals surface area contributed by atoms with Gasteiger partial charge in [0.1, 0.15) is 0 Å². The number of amides is 1. The molecule has 0 saturated carbocycles. The summed E-state index contributed by atoms with van der Waals surface area (Å²) in [6.45, 7) is 6.82. The molecule has 0 fully saturated rings. The summed E-state index contributed by atoms with van der Waals surface area (Å²) >= 11 is 0. The SMILES string of the molecule is CC(C)(CNC(=O)c1cnc(-c2ccccc2)nc1)N1CCc2ccccc2C1. The zero-order valence-corrected chi connectivity index (χ0v) is 16.9. The van der Waals surface area contributed by atoms with Crippen molar-refractivity contribution in [3.05, 3.63) is 83.7 Å². The molecule has 2 aromatic carbocycles. The quantitative estimate of drug-likeness (QED) is 0.726. The van der Waals surface area contributed by atoms with Gasteiger partial charge < -0.3 is 5.32 Å². The minimum absolute atomic E-state index is 0.143. The molecule has 0 saturated heterocycles. The minimum Gasteiger partial charge on any atom is -0.350 e. The maximum Gasteiger partial charge on any atom is 0.254 e. The summed E-state index contributed by atoms with van der Waals surface area (Å²) in [6.07, 6.45) is 4.23. The first kappa shape index (κ1) is 19.3. The van der Waals surface area contributed by atoms with Gasteiger partial charge in [0.15, 0.2) is 5.82 Å². The van der Waals surface area contributed by atoms with Gasteiger partial charge in [-0.25, -0.2) is 9.97 Å². The predicted octanol–water partition coefficient (Wildman–Crippen LogP) is 3.71. The average molecular weight is 386 g/mol. The number of carbonyl (C=O) groups is 1. The summed E-state index contributed by atoms with van der Waals surface area (Å²) in [6, 6.07) is 18.3. The number of aromatic nitrogens is 2. The molecule has 0 atom stereocenters. The van der Waals surface area contributed by atoms with Crippen LogP contribution in [0.25, 0.3) is 11.4 Å². The van der Waals surface area contributed by atoms with Gasteiger partial charge in [-0.2, -0.15) is 0 Å². The summed E-state index contributed by atoms with van der Waals surface area (Å²) < 4.78 is 0. The number of hydrogen-bond donors (Lipinski definition) is 1. The highest BCUT2D eigenvalue weighted by atomic mass is 16.1. The molecule has 0 spiro atoms. The van der Waals surface area contributed by atoms with Crippen LogP contribution < -0.4 is 5.32 Å². The first-order chi connectivity index (χ1) is 14.0. The highest BCUT2D eigenvalue weighted by Crippen LogP contribution is 2.25. The molecule has 148 valence electrons. The van der Waals surface area contributed by atoms with Crippen LogP contribution in [-0.2, 0) is 13.0 Å². The summed E-state index contributed by atoms with van der Waals surface area (Å²) in [5.41, 5.74) is 4.08. The summed E-state index contributed by atoms with van der Waals surface area (Å²) in [7, 11) is 0. The topological polar surface area (TPSA) is 58.1 Å². The maximum atomic E-state index is 12.6. The Hall–Kier alpha value is -3.05. The lowest BCUT2D eigenvalue weighted by molar-refractivity contribution is 0.0825. The Kier molecular flexibility index (Phi) is 5.41. The van der Waals surface area contributed by atoms with E-state index in [-0.39, 0.29) is 11.4 Å². The number of rotatable bonds is 5. The Balaban J connectivity index is 1.37. The van der Waals surface area contributed by atoms with Crippen molar-refractivity contribution in [2.24, 2.45) is 0 Å². The molecule has 2 heterocycles. The van der Waals surface area contributed by atoms with Crippen LogP contribution >= 0.6 is 0 Å². The Morgan fingerprint density at radius 3 is 2.38 bits per heavy atom. The van der Waals surface area contributed by atoms with E-state index in [0.29, 0.717) is 17.9 Å². The Labute approximate surface area is 171 Å². The second-order valence-electron chi connectivity index (χ2n) is 8.10. The Morgan fingerprint density at radius 2 is 1.66 bits per heavy atom.